The van der Waals surface area contributed by atoms with Gasteiger partial charge in [-0.3, -0.25) is 0 Å². The number of amides is 2. The minimum Gasteiger partial charge on any atom is -0.492 e. The Morgan fingerprint density at radius 2 is 1.96 bits per heavy atom. The summed E-state index contributed by atoms with van der Waals surface area (Å²) in [5.74, 6) is 0.535. The number of hydrogen-bond acceptors (Lipinski definition) is 5. The maximum absolute atomic E-state index is 12.7. The predicted molar refractivity (Wildman–Crippen MR) is 105 cm³/mol. The van der Waals surface area contributed by atoms with Gasteiger partial charge in [0.1, 0.15) is 0 Å². The largest absolute Gasteiger partial charge is 0.492 e. The molecule has 0 saturated heterocycles. The molecule has 1 aliphatic rings. The Hall–Kier alpha value is -2.22. The van der Waals surface area contributed by atoms with Crippen LogP contribution in [0.4, 0.5) is 4.79 Å². The first-order chi connectivity index (χ1) is 12.8. The van der Waals surface area contributed by atoms with Gasteiger partial charge in [-0.15, -0.1) is 0 Å². The Kier molecular flexibility index (Phi) is 7.12. The van der Waals surface area contributed by atoms with Crippen molar-refractivity contribution in [3.05, 3.63) is 33.4 Å². The standard InChI is InChI=1S/C19H25BrN2O5/c1-6-26-13-9-11(8-12(20)17(13)25-5)16-14(18(23)27-7-2)15(10(3)4)21-19(24)22-16/h8-10,16H,6-7H2,1-5H3,(H2,21,22,24). The molecule has 148 valence electrons. The van der Waals surface area contributed by atoms with Crippen molar-refractivity contribution in [2.45, 2.75) is 33.7 Å². The second-order valence-corrected chi connectivity index (χ2v) is 7.06. The topological polar surface area (TPSA) is 85.9 Å². The van der Waals surface area contributed by atoms with Gasteiger partial charge in [0.25, 0.3) is 0 Å². The quantitative estimate of drug-likeness (QED) is 0.631. The average Bonchev–Trinajstić information content (AvgIpc) is 2.61. The Balaban J connectivity index is 2.64. The molecule has 2 N–H and O–H groups in total. The lowest BCUT2D eigenvalue weighted by Gasteiger charge is -2.31. The number of nitrogens with one attached hydrogen (secondary N) is 2. The van der Waals surface area contributed by atoms with Crippen molar-refractivity contribution in [1.82, 2.24) is 10.6 Å². The molecule has 2 amide bonds. The number of halogens is 1. The maximum Gasteiger partial charge on any atom is 0.338 e. The third kappa shape index (κ3) is 4.55. The molecular formula is C19H25BrN2O5. The number of carbonyl (C=O) groups is 2. The minimum atomic E-state index is -0.670. The summed E-state index contributed by atoms with van der Waals surface area (Å²) < 4.78 is 17.0. The molecular weight excluding hydrogens is 416 g/mol. The summed E-state index contributed by atoms with van der Waals surface area (Å²) in [4.78, 5) is 24.9. The fourth-order valence-electron chi connectivity index (χ4n) is 2.94. The first kappa shape index (κ1) is 21.1. The van der Waals surface area contributed by atoms with Crippen LogP contribution in [0, 0.1) is 5.92 Å². The van der Waals surface area contributed by atoms with E-state index in [4.69, 9.17) is 14.2 Å². The van der Waals surface area contributed by atoms with Gasteiger partial charge in [-0.1, -0.05) is 13.8 Å². The minimum absolute atomic E-state index is 0.0639. The van der Waals surface area contributed by atoms with Gasteiger partial charge in [-0.05, 0) is 53.4 Å². The van der Waals surface area contributed by atoms with E-state index in [0.29, 0.717) is 39.4 Å². The van der Waals surface area contributed by atoms with Gasteiger partial charge in [-0.25, -0.2) is 9.59 Å². The lowest BCUT2D eigenvalue weighted by atomic mass is 9.91. The number of methoxy groups -OCH3 is 1. The van der Waals surface area contributed by atoms with Crippen LogP contribution < -0.4 is 20.1 Å². The van der Waals surface area contributed by atoms with Crippen LogP contribution in [0.2, 0.25) is 0 Å². The highest BCUT2D eigenvalue weighted by Gasteiger charge is 2.35. The number of ether oxygens (including phenoxy) is 3. The van der Waals surface area contributed by atoms with Crippen molar-refractivity contribution in [3.63, 3.8) is 0 Å². The average molecular weight is 441 g/mol. The van der Waals surface area contributed by atoms with E-state index in [-0.39, 0.29) is 18.6 Å². The van der Waals surface area contributed by atoms with Crippen molar-refractivity contribution in [3.8, 4) is 11.5 Å². The Labute approximate surface area is 167 Å². The van der Waals surface area contributed by atoms with Crippen molar-refractivity contribution >= 4 is 27.9 Å². The molecule has 27 heavy (non-hydrogen) atoms. The van der Waals surface area contributed by atoms with Gasteiger partial charge in [0.05, 0.1) is 36.4 Å². The molecule has 1 heterocycles. The van der Waals surface area contributed by atoms with Crippen LogP contribution in [0.5, 0.6) is 11.5 Å². The van der Waals surface area contributed by atoms with E-state index in [9.17, 15) is 9.59 Å². The number of carbonyl (C=O) groups excluding carboxylic acids is 2. The van der Waals surface area contributed by atoms with Crippen LogP contribution in [0.15, 0.2) is 27.9 Å². The van der Waals surface area contributed by atoms with E-state index < -0.39 is 12.0 Å². The monoisotopic (exact) mass is 440 g/mol. The number of allylic oxidation sites excluding steroid dienone is 1. The highest BCUT2D eigenvalue weighted by atomic mass is 79.9. The van der Waals surface area contributed by atoms with Crippen LogP contribution in [0.3, 0.4) is 0 Å². The van der Waals surface area contributed by atoms with E-state index in [2.05, 4.69) is 26.6 Å². The van der Waals surface area contributed by atoms with Gasteiger partial charge in [-0.2, -0.15) is 0 Å². The normalized spacial score (nSPS) is 16.7. The van der Waals surface area contributed by atoms with Crippen molar-refractivity contribution in [2.75, 3.05) is 20.3 Å². The SMILES string of the molecule is CCOC(=O)C1=C(C(C)C)NC(=O)NC1c1cc(Br)c(OC)c(OCC)c1. The summed E-state index contributed by atoms with van der Waals surface area (Å²) in [7, 11) is 1.55. The summed E-state index contributed by atoms with van der Waals surface area (Å²) in [6, 6.07) is 2.52. The van der Waals surface area contributed by atoms with Gasteiger partial charge >= 0.3 is 12.0 Å². The lowest BCUT2D eigenvalue weighted by Crippen LogP contribution is -2.47. The number of hydrogen-bond donors (Lipinski definition) is 2. The Morgan fingerprint density at radius 3 is 2.52 bits per heavy atom. The smallest absolute Gasteiger partial charge is 0.338 e. The van der Waals surface area contributed by atoms with Gasteiger partial charge in [0, 0.05) is 5.70 Å². The van der Waals surface area contributed by atoms with Crippen molar-refractivity contribution < 1.29 is 23.8 Å². The third-order valence-corrected chi connectivity index (χ3v) is 4.63. The summed E-state index contributed by atoms with van der Waals surface area (Å²) in [6.07, 6.45) is 0. The van der Waals surface area contributed by atoms with Crippen LogP contribution in [-0.4, -0.2) is 32.3 Å². The van der Waals surface area contributed by atoms with Crippen LogP contribution >= 0.6 is 15.9 Å². The van der Waals surface area contributed by atoms with Gasteiger partial charge < -0.3 is 24.8 Å². The summed E-state index contributed by atoms with van der Waals surface area (Å²) in [6.45, 7) is 8.12. The van der Waals surface area contributed by atoms with Crippen LogP contribution in [0.25, 0.3) is 0 Å². The molecule has 1 aliphatic heterocycles. The molecule has 7 nitrogen and oxygen atoms in total. The van der Waals surface area contributed by atoms with E-state index in [1.165, 1.54) is 0 Å². The molecule has 1 aromatic rings. The first-order valence-electron chi connectivity index (χ1n) is 8.82. The number of rotatable bonds is 7. The highest BCUT2D eigenvalue weighted by Crippen LogP contribution is 2.40. The predicted octanol–water partition coefficient (Wildman–Crippen LogP) is 3.68. The highest BCUT2D eigenvalue weighted by molar-refractivity contribution is 9.10. The zero-order chi connectivity index (χ0) is 20.1. The molecule has 0 bridgehead atoms. The zero-order valence-corrected chi connectivity index (χ0v) is 17.7. The summed E-state index contributed by atoms with van der Waals surface area (Å²) in [5.41, 5.74) is 1.61. The molecule has 0 fully saturated rings. The Morgan fingerprint density at radius 1 is 1.26 bits per heavy atom. The molecule has 1 unspecified atom stereocenters. The third-order valence-electron chi connectivity index (χ3n) is 4.04. The van der Waals surface area contributed by atoms with E-state index in [1.807, 2.05) is 20.8 Å². The molecule has 0 aromatic heterocycles. The summed E-state index contributed by atoms with van der Waals surface area (Å²) in [5, 5.41) is 5.56. The lowest BCUT2D eigenvalue weighted by molar-refractivity contribution is -0.139. The molecule has 0 aliphatic carbocycles. The Bertz CT molecular complexity index is 761. The molecule has 2 rings (SSSR count). The fourth-order valence-corrected chi connectivity index (χ4v) is 3.56. The van der Waals surface area contributed by atoms with E-state index >= 15 is 0 Å². The van der Waals surface area contributed by atoms with Crippen LogP contribution in [-0.2, 0) is 9.53 Å². The molecule has 1 atom stereocenters. The van der Waals surface area contributed by atoms with Gasteiger partial charge in [0.2, 0.25) is 0 Å². The first-order valence-corrected chi connectivity index (χ1v) is 9.62. The fraction of sp³-hybridized carbons (Fsp3) is 0.474. The van der Waals surface area contributed by atoms with E-state index in [1.54, 1.807) is 26.2 Å². The second kappa shape index (κ2) is 9.12. The maximum atomic E-state index is 12.7. The number of urea groups is 1. The van der Waals surface area contributed by atoms with Crippen molar-refractivity contribution in [1.29, 1.82) is 0 Å². The molecule has 8 heteroatoms. The van der Waals surface area contributed by atoms with E-state index in [0.717, 1.165) is 0 Å². The second-order valence-electron chi connectivity index (χ2n) is 6.20. The molecule has 1 aromatic carbocycles. The molecule has 0 spiro atoms. The number of esters is 1. The summed E-state index contributed by atoms with van der Waals surface area (Å²) >= 11 is 3.48. The van der Waals surface area contributed by atoms with Crippen molar-refractivity contribution in [2.24, 2.45) is 5.92 Å². The zero-order valence-electron chi connectivity index (χ0n) is 16.1. The van der Waals surface area contributed by atoms with Crippen LogP contribution in [0.1, 0.15) is 39.3 Å². The molecule has 0 radical (unpaired) electrons. The number of benzene rings is 1. The van der Waals surface area contributed by atoms with Gasteiger partial charge in [0.15, 0.2) is 11.5 Å². The molecule has 0 saturated carbocycles.